The summed E-state index contributed by atoms with van der Waals surface area (Å²) >= 11 is 0. The molecule has 1 amide bonds. The van der Waals surface area contributed by atoms with Gasteiger partial charge in [-0.2, -0.15) is 9.78 Å². The number of anilines is 1. The number of benzene rings is 1. The summed E-state index contributed by atoms with van der Waals surface area (Å²) in [5, 5.41) is 8.11. The second-order valence-electron chi connectivity index (χ2n) is 8.34. The van der Waals surface area contributed by atoms with Gasteiger partial charge in [0.25, 0.3) is 5.56 Å². The van der Waals surface area contributed by atoms with Crippen LogP contribution in [0, 0.1) is 0 Å². The van der Waals surface area contributed by atoms with Gasteiger partial charge in [-0.05, 0) is 24.3 Å². The molecule has 0 radical (unpaired) electrons. The van der Waals surface area contributed by atoms with E-state index in [4.69, 9.17) is 0 Å². The van der Waals surface area contributed by atoms with Gasteiger partial charge in [-0.25, -0.2) is 9.97 Å². The highest BCUT2D eigenvalue weighted by Crippen LogP contribution is 2.25. The van der Waals surface area contributed by atoms with E-state index in [1.165, 1.54) is 0 Å². The number of rotatable bonds is 5. The van der Waals surface area contributed by atoms with E-state index < -0.39 is 0 Å². The summed E-state index contributed by atoms with van der Waals surface area (Å²) < 4.78 is 1.63. The molecule has 0 atom stereocenters. The van der Waals surface area contributed by atoms with Gasteiger partial charge in [-0.15, -0.1) is 0 Å². The average Bonchev–Trinajstić information content (AvgIpc) is 3.17. The van der Waals surface area contributed by atoms with E-state index in [0.717, 1.165) is 5.69 Å². The number of aromatic amines is 1. The van der Waals surface area contributed by atoms with Crippen molar-refractivity contribution < 1.29 is 4.79 Å². The maximum absolute atomic E-state index is 12.7. The highest BCUT2D eigenvalue weighted by Gasteiger charge is 2.22. The number of carbonyl (C=O) groups is 1. The molecule has 0 spiro atoms. The van der Waals surface area contributed by atoms with Crippen molar-refractivity contribution in [2.24, 2.45) is 0 Å². The number of amides is 1. The number of carbonyl (C=O) groups excluding carboxylic acids is 1. The number of nitrogens with zero attached hydrogens (tertiary/aromatic N) is 4. The van der Waals surface area contributed by atoms with Crippen molar-refractivity contribution >= 4 is 22.6 Å². The van der Waals surface area contributed by atoms with Crippen LogP contribution in [0.3, 0.4) is 0 Å². The van der Waals surface area contributed by atoms with Crippen LogP contribution < -0.4 is 10.9 Å². The van der Waals surface area contributed by atoms with Crippen LogP contribution in [0.15, 0.2) is 59.5 Å². The molecule has 0 aliphatic carbocycles. The second-order valence-corrected chi connectivity index (χ2v) is 8.34. The smallest absolute Gasteiger partial charge is 0.258 e. The zero-order chi connectivity index (χ0) is 22.0. The third-order valence-electron chi connectivity index (χ3n) is 4.86. The Bertz CT molecular complexity index is 1280. The van der Waals surface area contributed by atoms with Crippen LogP contribution in [0.2, 0.25) is 0 Å². The Balaban J connectivity index is 1.53. The summed E-state index contributed by atoms with van der Waals surface area (Å²) in [7, 11) is 0. The molecule has 1 aromatic carbocycles. The maximum Gasteiger partial charge on any atom is 0.258 e. The van der Waals surface area contributed by atoms with Crippen molar-refractivity contribution in [1.29, 1.82) is 0 Å². The molecule has 4 rings (SSSR count). The molecular formula is C23H24N6O2. The lowest BCUT2D eigenvalue weighted by Crippen LogP contribution is -2.18. The molecular weight excluding hydrogens is 392 g/mol. The number of pyridine rings is 1. The quantitative estimate of drug-likeness (QED) is 0.519. The summed E-state index contributed by atoms with van der Waals surface area (Å²) in [4.78, 5) is 36.5. The lowest BCUT2D eigenvalue weighted by atomic mass is 9.92. The first kappa shape index (κ1) is 20.5. The number of aromatic nitrogens is 5. The molecule has 0 aliphatic rings. The van der Waals surface area contributed by atoms with E-state index in [0.29, 0.717) is 34.8 Å². The van der Waals surface area contributed by atoms with Gasteiger partial charge in [-0.3, -0.25) is 9.59 Å². The third kappa shape index (κ3) is 4.53. The van der Waals surface area contributed by atoms with Gasteiger partial charge in [0.05, 0.1) is 16.6 Å². The first-order chi connectivity index (χ1) is 14.8. The first-order valence-corrected chi connectivity index (χ1v) is 10.1. The molecule has 8 nitrogen and oxygen atoms in total. The van der Waals surface area contributed by atoms with Gasteiger partial charge >= 0.3 is 0 Å². The van der Waals surface area contributed by atoms with Crippen molar-refractivity contribution in [3.63, 3.8) is 0 Å². The van der Waals surface area contributed by atoms with E-state index >= 15 is 0 Å². The van der Waals surface area contributed by atoms with E-state index in [9.17, 15) is 9.59 Å². The molecule has 3 aromatic heterocycles. The number of hydrogen-bond donors (Lipinski definition) is 2. The Labute approximate surface area is 179 Å². The highest BCUT2D eigenvalue weighted by molar-refractivity contribution is 5.90. The van der Waals surface area contributed by atoms with Gasteiger partial charge in [0.1, 0.15) is 11.6 Å². The van der Waals surface area contributed by atoms with Crippen molar-refractivity contribution in [1.82, 2.24) is 24.7 Å². The SMILES string of the molecule is CC(C)(C)c1cc(NC(=O)CCc2nc3ccccc3c(=O)[nH]2)n(-c2ccccn2)n1. The Hall–Kier alpha value is -3.81. The van der Waals surface area contributed by atoms with Gasteiger partial charge < -0.3 is 10.3 Å². The molecule has 0 bridgehead atoms. The predicted molar refractivity (Wildman–Crippen MR) is 119 cm³/mol. The fourth-order valence-corrected chi connectivity index (χ4v) is 3.18. The Kier molecular flexibility index (Phi) is 5.37. The van der Waals surface area contributed by atoms with Gasteiger partial charge in [0.2, 0.25) is 5.91 Å². The zero-order valence-electron chi connectivity index (χ0n) is 17.7. The van der Waals surface area contributed by atoms with Crippen LogP contribution in [0.1, 0.15) is 38.7 Å². The van der Waals surface area contributed by atoms with E-state index in [1.807, 2.05) is 30.3 Å². The zero-order valence-corrected chi connectivity index (χ0v) is 17.7. The van der Waals surface area contributed by atoms with E-state index in [1.54, 1.807) is 29.1 Å². The van der Waals surface area contributed by atoms with Crippen molar-refractivity contribution in [2.45, 2.75) is 39.0 Å². The minimum absolute atomic E-state index is 0.166. The number of fused-ring (bicyclic) bond motifs is 1. The van der Waals surface area contributed by atoms with Gasteiger partial charge in [0.15, 0.2) is 5.82 Å². The highest BCUT2D eigenvalue weighted by atomic mass is 16.1. The summed E-state index contributed by atoms with van der Waals surface area (Å²) in [5.74, 6) is 1.45. The number of para-hydroxylation sites is 1. The Morgan fingerprint density at radius 2 is 1.90 bits per heavy atom. The third-order valence-corrected chi connectivity index (χ3v) is 4.86. The lowest BCUT2D eigenvalue weighted by molar-refractivity contribution is -0.116. The fourth-order valence-electron chi connectivity index (χ4n) is 3.18. The fraction of sp³-hybridized carbons (Fsp3) is 0.261. The topological polar surface area (TPSA) is 106 Å². The molecule has 2 N–H and O–H groups in total. The average molecular weight is 416 g/mol. The van der Waals surface area contributed by atoms with Crippen LogP contribution in [-0.4, -0.2) is 30.6 Å². The van der Waals surface area contributed by atoms with E-state index in [2.05, 4.69) is 46.1 Å². The summed E-state index contributed by atoms with van der Waals surface area (Å²) in [6, 6.07) is 14.5. The van der Waals surface area contributed by atoms with Gasteiger partial charge in [-0.1, -0.05) is 39.0 Å². The Morgan fingerprint density at radius 1 is 1.13 bits per heavy atom. The summed E-state index contributed by atoms with van der Waals surface area (Å²) in [5.41, 5.74) is 1.07. The van der Waals surface area contributed by atoms with Crippen molar-refractivity contribution in [2.75, 3.05) is 5.32 Å². The summed E-state index contributed by atoms with van der Waals surface area (Å²) in [6.45, 7) is 6.18. The van der Waals surface area contributed by atoms with Crippen molar-refractivity contribution in [3.05, 3.63) is 76.6 Å². The molecule has 31 heavy (non-hydrogen) atoms. The first-order valence-electron chi connectivity index (χ1n) is 10.1. The minimum atomic E-state index is -0.205. The number of hydrogen-bond acceptors (Lipinski definition) is 5. The molecule has 0 unspecified atom stereocenters. The molecule has 0 saturated heterocycles. The lowest BCUT2D eigenvalue weighted by Gasteiger charge is -2.13. The maximum atomic E-state index is 12.7. The number of aryl methyl sites for hydroxylation is 1. The number of nitrogens with one attached hydrogen (secondary N) is 2. The molecule has 158 valence electrons. The van der Waals surface area contributed by atoms with Crippen LogP contribution in [0.25, 0.3) is 16.7 Å². The largest absolute Gasteiger partial charge is 0.311 e. The summed E-state index contributed by atoms with van der Waals surface area (Å²) in [6.07, 6.45) is 2.16. The number of H-pyrrole nitrogens is 1. The van der Waals surface area contributed by atoms with Crippen LogP contribution in [-0.2, 0) is 16.6 Å². The van der Waals surface area contributed by atoms with Gasteiger partial charge in [0, 0.05) is 30.5 Å². The molecule has 4 aromatic rings. The van der Waals surface area contributed by atoms with Crippen molar-refractivity contribution in [3.8, 4) is 5.82 Å². The van der Waals surface area contributed by atoms with Crippen LogP contribution >= 0.6 is 0 Å². The monoisotopic (exact) mass is 416 g/mol. The van der Waals surface area contributed by atoms with E-state index in [-0.39, 0.29) is 23.3 Å². The normalized spacial score (nSPS) is 11.6. The second kappa shape index (κ2) is 8.14. The predicted octanol–water partition coefficient (Wildman–Crippen LogP) is 3.37. The minimum Gasteiger partial charge on any atom is -0.311 e. The Morgan fingerprint density at radius 3 is 2.65 bits per heavy atom. The van der Waals surface area contributed by atoms with Crippen LogP contribution in [0.5, 0.6) is 0 Å². The molecule has 8 heteroatoms. The molecule has 0 saturated carbocycles. The standard InChI is InChI=1S/C23H24N6O2/c1-23(2,3)17-14-20(29(28-17)19-10-6-7-13-24-19)27-21(30)12-11-18-25-16-9-5-4-8-15(16)22(31)26-18/h4-10,13-14H,11-12H2,1-3H3,(H,27,30)(H,25,26,31). The molecule has 0 aliphatic heterocycles. The molecule has 3 heterocycles. The van der Waals surface area contributed by atoms with Crippen LogP contribution in [0.4, 0.5) is 5.82 Å². The molecule has 0 fully saturated rings.